The van der Waals surface area contributed by atoms with Crippen LogP contribution in [0.4, 0.5) is 0 Å². The molecule has 0 bridgehead atoms. The van der Waals surface area contributed by atoms with E-state index in [1.807, 2.05) is 12.1 Å². The van der Waals surface area contributed by atoms with Gasteiger partial charge in [-0.3, -0.25) is 9.88 Å². The molecule has 0 aromatic carbocycles. The lowest BCUT2D eigenvalue weighted by Gasteiger charge is -2.24. The fraction of sp³-hybridized carbons (Fsp3) is 0.643. The zero-order valence-corrected chi connectivity index (χ0v) is 13.3. The lowest BCUT2D eigenvalue weighted by Crippen LogP contribution is -2.35. The molecular weight excluding hydrogens is 283 g/mol. The molecule has 0 spiro atoms. The van der Waals surface area contributed by atoms with Crippen molar-refractivity contribution in [1.29, 1.82) is 0 Å². The molecule has 0 unspecified atom stereocenters. The van der Waals surface area contributed by atoms with E-state index in [0.717, 1.165) is 18.3 Å². The second-order valence-corrected chi connectivity index (χ2v) is 4.89. The van der Waals surface area contributed by atoms with Gasteiger partial charge in [-0.15, -0.1) is 24.8 Å². The minimum absolute atomic E-state index is 0. The molecule has 0 N–H and O–H groups in total. The summed E-state index contributed by atoms with van der Waals surface area (Å²) in [6.45, 7) is 4.25. The van der Waals surface area contributed by atoms with E-state index >= 15 is 0 Å². The molecule has 3 nitrogen and oxygen atoms in total. The maximum Gasteiger partial charge on any atom is 0.137 e. The SMILES string of the molecule is CCC[C@@H]1CCN(C)[C@@H]1COc1cccnc1.Cl.Cl. The van der Waals surface area contributed by atoms with E-state index < -0.39 is 0 Å². The van der Waals surface area contributed by atoms with Gasteiger partial charge in [-0.1, -0.05) is 13.3 Å². The first kappa shape index (κ1) is 18.5. The van der Waals surface area contributed by atoms with Gasteiger partial charge in [0, 0.05) is 12.2 Å². The Hall–Kier alpha value is -0.510. The first-order valence-corrected chi connectivity index (χ1v) is 6.54. The van der Waals surface area contributed by atoms with E-state index in [9.17, 15) is 0 Å². The van der Waals surface area contributed by atoms with Gasteiger partial charge in [-0.25, -0.2) is 0 Å². The first-order valence-electron chi connectivity index (χ1n) is 6.54. The fourth-order valence-corrected chi connectivity index (χ4v) is 2.67. The highest BCUT2D eigenvalue weighted by atomic mass is 35.5. The van der Waals surface area contributed by atoms with Crippen molar-refractivity contribution in [3.63, 3.8) is 0 Å². The van der Waals surface area contributed by atoms with Gasteiger partial charge in [-0.2, -0.15) is 0 Å². The molecule has 5 heteroatoms. The Balaban J connectivity index is 0.00000162. The molecule has 1 aliphatic heterocycles. The molecular formula is C14H24Cl2N2O. The maximum absolute atomic E-state index is 5.83. The summed E-state index contributed by atoms with van der Waals surface area (Å²) < 4.78 is 5.83. The van der Waals surface area contributed by atoms with Gasteiger partial charge in [-0.05, 0) is 44.5 Å². The van der Waals surface area contributed by atoms with E-state index in [0.29, 0.717) is 6.04 Å². The Morgan fingerprint density at radius 3 is 2.84 bits per heavy atom. The number of hydrogen-bond acceptors (Lipinski definition) is 3. The van der Waals surface area contributed by atoms with E-state index in [1.165, 1.54) is 25.8 Å². The minimum Gasteiger partial charge on any atom is -0.490 e. The summed E-state index contributed by atoms with van der Waals surface area (Å²) >= 11 is 0. The van der Waals surface area contributed by atoms with Crippen molar-refractivity contribution in [2.24, 2.45) is 5.92 Å². The van der Waals surface area contributed by atoms with Crippen LogP contribution in [-0.2, 0) is 0 Å². The topological polar surface area (TPSA) is 25.4 Å². The van der Waals surface area contributed by atoms with E-state index in [1.54, 1.807) is 12.4 Å². The van der Waals surface area contributed by atoms with Crippen molar-refractivity contribution >= 4 is 24.8 Å². The summed E-state index contributed by atoms with van der Waals surface area (Å²) in [5, 5.41) is 0. The highest BCUT2D eigenvalue weighted by Crippen LogP contribution is 2.27. The monoisotopic (exact) mass is 306 g/mol. The number of halogens is 2. The van der Waals surface area contributed by atoms with Crippen LogP contribution in [0.2, 0.25) is 0 Å². The average molecular weight is 307 g/mol. The Kier molecular flexibility index (Phi) is 9.15. The van der Waals surface area contributed by atoms with Gasteiger partial charge < -0.3 is 4.74 Å². The van der Waals surface area contributed by atoms with E-state index in [2.05, 4.69) is 23.9 Å². The molecule has 0 radical (unpaired) electrons. The molecule has 2 atom stereocenters. The molecule has 1 saturated heterocycles. The van der Waals surface area contributed by atoms with Gasteiger partial charge in [0.2, 0.25) is 0 Å². The lowest BCUT2D eigenvalue weighted by atomic mass is 9.96. The van der Waals surface area contributed by atoms with Gasteiger partial charge in [0.05, 0.1) is 6.20 Å². The number of rotatable bonds is 5. The lowest BCUT2D eigenvalue weighted by molar-refractivity contribution is 0.166. The number of pyridine rings is 1. The second-order valence-electron chi connectivity index (χ2n) is 4.89. The van der Waals surface area contributed by atoms with Gasteiger partial charge in [0.25, 0.3) is 0 Å². The number of hydrogen-bond donors (Lipinski definition) is 0. The molecule has 2 rings (SSSR count). The average Bonchev–Trinajstić information content (AvgIpc) is 2.70. The van der Waals surface area contributed by atoms with Crippen molar-refractivity contribution in [2.45, 2.75) is 32.2 Å². The second kappa shape index (κ2) is 9.40. The van der Waals surface area contributed by atoms with Crippen LogP contribution < -0.4 is 4.74 Å². The van der Waals surface area contributed by atoms with E-state index in [4.69, 9.17) is 4.74 Å². The zero-order chi connectivity index (χ0) is 12.1. The summed E-state index contributed by atoms with van der Waals surface area (Å²) in [6.07, 6.45) is 7.44. The number of likely N-dealkylation sites (N-methyl/N-ethyl adjacent to an activating group) is 1. The predicted molar refractivity (Wildman–Crippen MR) is 83.7 cm³/mol. The van der Waals surface area contributed by atoms with Crippen molar-refractivity contribution in [1.82, 2.24) is 9.88 Å². The maximum atomic E-state index is 5.83. The molecule has 1 aromatic rings. The summed E-state index contributed by atoms with van der Waals surface area (Å²) in [5.74, 6) is 1.67. The molecule has 1 aromatic heterocycles. The fourth-order valence-electron chi connectivity index (χ4n) is 2.67. The predicted octanol–water partition coefficient (Wildman–Crippen LogP) is 3.42. The van der Waals surface area contributed by atoms with Crippen LogP contribution in [0.1, 0.15) is 26.2 Å². The van der Waals surface area contributed by atoms with Crippen molar-refractivity contribution in [3.8, 4) is 5.75 Å². The zero-order valence-electron chi connectivity index (χ0n) is 11.6. The summed E-state index contributed by atoms with van der Waals surface area (Å²) in [6, 6.07) is 4.45. The largest absolute Gasteiger partial charge is 0.490 e. The summed E-state index contributed by atoms with van der Waals surface area (Å²) in [4.78, 5) is 6.49. The van der Waals surface area contributed by atoms with Gasteiger partial charge in [0.15, 0.2) is 0 Å². The van der Waals surface area contributed by atoms with Crippen LogP contribution in [0.25, 0.3) is 0 Å². The molecule has 1 aliphatic rings. The number of ether oxygens (including phenoxy) is 1. The Morgan fingerprint density at radius 1 is 1.42 bits per heavy atom. The third kappa shape index (κ3) is 5.17. The van der Waals surface area contributed by atoms with Crippen LogP contribution >= 0.6 is 24.8 Å². The van der Waals surface area contributed by atoms with Crippen LogP contribution in [0, 0.1) is 5.92 Å². The van der Waals surface area contributed by atoms with Gasteiger partial charge in [0.1, 0.15) is 12.4 Å². The minimum atomic E-state index is 0. The van der Waals surface area contributed by atoms with Crippen molar-refractivity contribution < 1.29 is 4.74 Å². The summed E-state index contributed by atoms with van der Waals surface area (Å²) in [5.41, 5.74) is 0. The van der Waals surface area contributed by atoms with Gasteiger partial charge >= 0.3 is 0 Å². The normalized spacial score (nSPS) is 22.4. The van der Waals surface area contributed by atoms with Crippen molar-refractivity contribution in [2.75, 3.05) is 20.2 Å². The molecule has 1 fully saturated rings. The molecule has 2 heterocycles. The number of nitrogens with zero attached hydrogens (tertiary/aromatic N) is 2. The Morgan fingerprint density at radius 2 is 2.21 bits per heavy atom. The highest BCUT2D eigenvalue weighted by molar-refractivity contribution is 5.85. The molecule has 0 amide bonds. The molecule has 0 aliphatic carbocycles. The Labute approximate surface area is 128 Å². The third-order valence-electron chi connectivity index (χ3n) is 3.68. The summed E-state index contributed by atoms with van der Waals surface area (Å²) in [7, 11) is 2.20. The third-order valence-corrected chi connectivity index (χ3v) is 3.68. The van der Waals surface area contributed by atoms with Crippen molar-refractivity contribution in [3.05, 3.63) is 24.5 Å². The highest BCUT2D eigenvalue weighted by Gasteiger charge is 2.31. The van der Waals surface area contributed by atoms with Crippen LogP contribution in [0.3, 0.4) is 0 Å². The smallest absolute Gasteiger partial charge is 0.137 e. The number of likely N-dealkylation sites (tertiary alicyclic amines) is 1. The van der Waals surface area contributed by atoms with Crippen LogP contribution in [0.5, 0.6) is 5.75 Å². The molecule has 110 valence electrons. The van der Waals surface area contributed by atoms with E-state index in [-0.39, 0.29) is 24.8 Å². The van der Waals surface area contributed by atoms with Crippen LogP contribution in [0.15, 0.2) is 24.5 Å². The molecule has 19 heavy (non-hydrogen) atoms. The standard InChI is InChI=1S/C14H22N2O.2ClH/c1-3-5-12-7-9-16(2)14(12)11-17-13-6-4-8-15-10-13;;/h4,6,8,10,12,14H,3,5,7,9,11H2,1-2H3;2*1H/t12-,14-;;/m1../s1. The molecule has 0 saturated carbocycles. The Bertz CT molecular complexity index is 335. The number of aromatic nitrogens is 1. The van der Waals surface area contributed by atoms with Crippen LogP contribution in [-0.4, -0.2) is 36.1 Å². The quantitative estimate of drug-likeness (QED) is 0.833. The first-order chi connectivity index (χ1) is 8.31.